The Morgan fingerprint density at radius 2 is 1.70 bits per heavy atom. The van der Waals surface area contributed by atoms with E-state index < -0.39 is 5.79 Å². The monoisotopic (exact) mass is 306 g/mol. The second kappa shape index (κ2) is 8.06. The molecule has 0 aliphatic heterocycles. The average molecular weight is 306 g/mol. The Labute approximate surface area is 136 Å². The third-order valence-corrected chi connectivity index (χ3v) is 3.28. The normalized spacial score (nSPS) is 12.7. The number of hydrogen-bond acceptors (Lipinski definition) is 3. The lowest BCUT2D eigenvalue weighted by Gasteiger charge is -2.28. The van der Waals surface area contributed by atoms with Crippen LogP contribution in [0.25, 0.3) is 0 Å². The SMILES string of the molecule is C#CCOc1cccc(CC(O)(OCC#C)c2ccccc2)c1. The van der Waals surface area contributed by atoms with Gasteiger partial charge in [0.05, 0.1) is 0 Å². The maximum atomic E-state index is 10.9. The van der Waals surface area contributed by atoms with Crippen molar-refractivity contribution in [2.24, 2.45) is 0 Å². The van der Waals surface area contributed by atoms with Gasteiger partial charge in [-0.2, -0.15) is 0 Å². The molecule has 23 heavy (non-hydrogen) atoms. The van der Waals surface area contributed by atoms with Crippen LogP contribution in [0.3, 0.4) is 0 Å². The van der Waals surface area contributed by atoms with Gasteiger partial charge in [-0.1, -0.05) is 54.3 Å². The minimum Gasteiger partial charge on any atom is -0.481 e. The first-order valence-corrected chi connectivity index (χ1v) is 7.18. The van der Waals surface area contributed by atoms with Crippen molar-refractivity contribution in [2.75, 3.05) is 13.2 Å². The fraction of sp³-hybridized carbons (Fsp3) is 0.200. The molecule has 2 aromatic carbocycles. The lowest BCUT2D eigenvalue weighted by Crippen LogP contribution is -2.32. The Balaban J connectivity index is 2.25. The van der Waals surface area contributed by atoms with Crippen molar-refractivity contribution in [3.05, 3.63) is 65.7 Å². The van der Waals surface area contributed by atoms with Crippen LogP contribution < -0.4 is 4.74 Å². The predicted octanol–water partition coefficient (Wildman–Crippen LogP) is 2.74. The lowest BCUT2D eigenvalue weighted by atomic mass is 9.97. The summed E-state index contributed by atoms with van der Waals surface area (Å²) in [5.74, 6) is 3.95. The van der Waals surface area contributed by atoms with Crippen LogP contribution in [0.15, 0.2) is 54.6 Å². The van der Waals surface area contributed by atoms with E-state index >= 15 is 0 Å². The summed E-state index contributed by atoms with van der Waals surface area (Å²) in [4.78, 5) is 0. The average Bonchev–Trinajstić information content (AvgIpc) is 2.59. The van der Waals surface area contributed by atoms with Crippen molar-refractivity contribution in [2.45, 2.75) is 12.2 Å². The van der Waals surface area contributed by atoms with E-state index in [1.165, 1.54) is 0 Å². The van der Waals surface area contributed by atoms with Gasteiger partial charge in [0, 0.05) is 12.0 Å². The van der Waals surface area contributed by atoms with Gasteiger partial charge >= 0.3 is 0 Å². The molecule has 0 spiro atoms. The summed E-state index contributed by atoms with van der Waals surface area (Å²) in [6.45, 7) is 0.207. The molecule has 1 unspecified atom stereocenters. The Morgan fingerprint density at radius 1 is 0.957 bits per heavy atom. The van der Waals surface area contributed by atoms with Crippen molar-refractivity contribution in [3.8, 4) is 30.4 Å². The van der Waals surface area contributed by atoms with Crippen LogP contribution in [0.2, 0.25) is 0 Å². The molecule has 0 aliphatic rings. The van der Waals surface area contributed by atoms with Gasteiger partial charge in [0.15, 0.2) is 5.79 Å². The van der Waals surface area contributed by atoms with Gasteiger partial charge in [-0.15, -0.1) is 12.8 Å². The van der Waals surface area contributed by atoms with E-state index in [4.69, 9.17) is 22.3 Å². The quantitative estimate of drug-likeness (QED) is 0.631. The Morgan fingerprint density at radius 3 is 2.39 bits per heavy atom. The summed E-state index contributed by atoms with van der Waals surface area (Å²) >= 11 is 0. The fourth-order valence-electron chi connectivity index (χ4n) is 2.24. The highest BCUT2D eigenvalue weighted by molar-refractivity contribution is 5.31. The largest absolute Gasteiger partial charge is 0.481 e. The zero-order valence-electron chi connectivity index (χ0n) is 12.7. The van der Waals surface area contributed by atoms with E-state index in [1.807, 2.05) is 42.5 Å². The summed E-state index contributed by atoms with van der Waals surface area (Å²) in [5.41, 5.74) is 1.49. The van der Waals surface area contributed by atoms with E-state index in [1.54, 1.807) is 12.1 Å². The topological polar surface area (TPSA) is 38.7 Å². The maximum Gasteiger partial charge on any atom is 0.197 e. The first-order valence-electron chi connectivity index (χ1n) is 7.18. The molecule has 0 fully saturated rings. The highest BCUT2D eigenvalue weighted by atomic mass is 16.6. The highest BCUT2D eigenvalue weighted by Gasteiger charge is 2.30. The molecule has 2 rings (SSSR count). The van der Waals surface area contributed by atoms with Crippen LogP contribution in [0.5, 0.6) is 5.75 Å². The molecular formula is C20H18O3. The van der Waals surface area contributed by atoms with Crippen molar-refractivity contribution in [1.29, 1.82) is 0 Å². The Kier molecular flexibility index (Phi) is 5.83. The number of aliphatic hydroxyl groups is 1. The number of terminal acetylenes is 2. The first-order chi connectivity index (χ1) is 11.2. The van der Waals surface area contributed by atoms with E-state index in [0.717, 1.165) is 5.56 Å². The third kappa shape index (κ3) is 4.63. The van der Waals surface area contributed by atoms with Crippen LogP contribution in [0.1, 0.15) is 11.1 Å². The third-order valence-electron chi connectivity index (χ3n) is 3.28. The minimum atomic E-state index is -1.50. The van der Waals surface area contributed by atoms with E-state index in [9.17, 15) is 5.11 Å². The molecule has 0 saturated heterocycles. The van der Waals surface area contributed by atoms with Gasteiger partial charge in [-0.3, -0.25) is 0 Å². The summed E-state index contributed by atoms with van der Waals surface area (Å²) < 4.78 is 10.9. The molecule has 0 bridgehead atoms. The van der Waals surface area contributed by atoms with Gasteiger partial charge < -0.3 is 14.6 Å². The molecule has 3 nitrogen and oxygen atoms in total. The lowest BCUT2D eigenvalue weighted by molar-refractivity contribution is -0.203. The summed E-state index contributed by atoms with van der Waals surface area (Å²) in [6, 6.07) is 16.5. The van der Waals surface area contributed by atoms with E-state index in [2.05, 4.69) is 11.8 Å². The van der Waals surface area contributed by atoms with Crippen LogP contribution in [-0.4, -0.2) is 18.3 Å². The molecule has 2 aromatic rings. The smallest absolute Gasteiger partial charge is 0.197 e. The zero-order chi connectivity index (χ0) is 16.5. The Hall–Kier alpha value is -2.72. The molecule has 0 radical (unpaired) electrons. The standard InChI is InChI=1S/C20H18O3/c1-3-13-22-19-12-8-9-17(15-19)16-20(21,23-14-4-2)18-10-6-5-7-11-18/h1-2,5-12,15,21H,13-14,16H2. The molecular weight excluding hydrogens is 288 g/mol. The van der Waals surface area contributed by atoms with Gasteiger partial charge in [0.1, 0.15) is 19.0 Å². The van der Waals surface area contributed by atoms with Gasteiger partial charge in [0.25, 0.3) is 0 Å². The van der Waals surface area contributed by atoms with Gasteiger partial charge in [-0.05, 0) is 17.7 Å². The molecule has 0 heterocycles. The molecule has 1 atom stereocenters. The van der Waals surface area contributed by atoms with E-state index in [-0.39, 0.29) is 19.6 Å². The fourth-order valence-corrected chi connectivity index (χ4v) is 2.24. The van der Waals surface area contributed by atoms with Crippen molar-refractivity contribution in [3.63, 3.8) is 0 Å². The molecule has 0 saturated carbocycles. The second-order valence-corrected chi connectivity index (χ2v) is 4.96. The summed E-state index contributed by atoms with van der Waals surface area (Å²) in [6.07, 6.45) is 10.7. The molecule has 0 aliphatic carbocycles. The van der Waals surface area contributed by atoms with Crippen LogP contribution in [0.4, 0.5) is 0 Å². The predicted molar refractivity (Wildman–Crippen MR) is 89.6 cm³/mol. The van der Waals surface area contributed by atoms with Crippen molar-refractivity contribution < 1.29 is 14.6 Å². The van der Waals surface area contributed by atoms with Crippen molar-refractivity contribution in [1.82, 2.24) is 0 Å². The highest BCUT2D eigenvalue weighted by Crippen LogP contribution is 2.28. The van der Waals surface area contributed by atoms with Crippen LogP contribution in [-0.2, 0) is 16.9 Å². The number of ether oxygens (including phenoxy) is 2. The first kappa shape index (κ1) is 16.6. The number of benzene rings is 2. The van der Waals surface area contributed by atoms with Gasteiger partial charge in [-0.25, -0.2) is 0 Å². The second-order valence-electron chi connectivity index (χ2n) is 4.96. The van der Waals surface area contributed by atoms with Crippen molar-refractivity contribution >= 4 is 0 Å². The molecule has 3 heteroatoms. The number of hydrogen-bond donors (Lipinski definition) is 1. The van der Waals surface area contributed by atoms with Gasteiger partial charge in [0.2, 0.25) is 0 Å². The molecule has 116 valence electrons. The molecule has 0 amide bonds. The van der Waals surface area contributed by atoms with Crippen LogP contribution >= 0.6 is 0 Å². The molecule has 1 N–H and O–H groups in total. The minimum absolute atomic E-state index is 0.0126. The molecule has 0 aromatic heterocycles. The number of rotatable bonds is 7. The Bertz CT molecular complexity index is 710. The zero-order valence-corrected chi connectivity index (χ0v) is 12.7. The van der Waals surface area contributed by atoms with Crippen LogP contribution in [0, 0.1) is 24.7 Å². The summed E-state index contributed by atoms with van der Waals surface area (Å²) in [7, 11) is 0. The maximum absolute atomic E-state index is 10.9. The summed E-state index contributed by atoms with van der Waals surface area (Å²) in [5, 5.41) is 10.9. The van der Waals surface area contributed by atoms with E-state index in [0.29, 0.717) is 11.3 Å².